The maximum Gasteiger partial charge on any atom is 0.358 e. The summed E-state index contributed by atoms with van der Waals surface area (Å²) in [5.74, 6) is -1.25. The van der Waals surface area contributed by atoms with E-state index in [1.165, 1.54) is 17.8 Å². The van der Waals surface area contributed by atoms with Crippen molar-refractivity contribution in [1.82, 2.24) is 20.3 Å². The molecule has 0 aromatic carbocycles. The summed E-state index contributed by atoms with van der Waals surface area (Å²) in [6.07, 6.45) is 1.31. The first-order valence-corrected chi connectivity index (χ1v) is 3.97. The summed E-state index contributed by atoms with van der Waals surface area (Å²) in [6.45, 7) is 2.21. The molecule has 1 aromatic rings. The lowest BCUT2D eigenvalue weighted by Crippen LogP contribution is -2.24. The first-order valence-electron chi connectivity index (χ1n) is 3.97. The molecule has 0 atom stereocenters. The van der Waals surface area contributed by atoms with E-state index in [2.05, 4.69) is 15.6 Å². The van der Waals surface area contributed by atoms with Crippen LogP contribution < -0.4 is 5.32 Å². The second-order valence-electron chi connectivity index (χ2n) is 2.65. The number of amides is 1. The van der Waals surface area contributed by atoms with Crippen LogP contribution in [0, 0.1) is 0 Å². The largest absolute Gasteiger partial charge is 0.476 e. The lowest BCUT2D eigenvalue weighted by Gasteiger charge is -2.00. The first kappa shape index (κ1) is 10.2. The van der Waals surface area contributed by atoms with Gasteiger partial charge in [-0.25, -0.2) is 9.48 Å². The highest BCUT2D eigenvalue weighted by atomic mass is 16.4. The van der Waals surface area contributed by atoms with Gasteiger partial charge in [0.25, 0.3) is 0 Å². The molecule has 1 heterocycles. The molecule has 14 heavy (non-hydrogen) atoms. The Labute approximate surface area is 79.7 Å². The van der Waals surface area contributed by atoms with Gasteiger partial charge in [-0.3, -0.25) is 4.79 Å². The maximum atomic E-state index is 10.5. The normalized spacial score (nSPS) is 9.79. The van der Waals surface area contributed by atoms with Crippen molar-refractivity contribution in [2.45, 2.75) is 13.5 Å². The van der Waals surface area contributed by atoms with Gasteiger partial charge in [-0.05, 0) is 0 Å². The summed E-state index contributed by atoms with van der Waals surface area (Å²) in [4.78, 5) is 20.9. The Morgan fingerprint density at radius 1 is 1.64 bits per heavy atom. The summed E-state index contributed by atoms with van der Waals surface area (Å²) in [7, 11) is 0. The minimum Gasteiger partial charge on any atom is -0.476 e. The van der Waals surface area contributed by atoms with E-state index in [4.69, 9.17) is 5.11 Å². The molecule has 1 rings (SSSR count). The van der Waals surface area contributed by atoms with Crippen molar-refractivity contribution in [3.05, 3.63) is 11.9 Å². The summed E-state index contributed by atoms with van der Waals surface area (Å²) >= 11 is 0. The molecule has 1 amide bonds. The second-order valence-corrected chi connectivity index (χ2v) is 2.65. The standard InChI is InChI=1S/C7H10N4O3/c1-5(12)8-2-3-11-4-6(7(13)14)9-10-11/h4H,2-3H2,1H3,(H,8,12)(H,13,14). The van der Waals surface area contributed by atoms with Crippen LogP contribution in [0.5, 0.6) is 0 Å². The van der Waals surface area contributed by atoms with Gasteiger partial charge in [0.2, 0.25) is 5.91 Å². The molecule has 0 saturated heterocycles. The van der Waals surface area contributed by atoms with Crippen LogP contribution in [-0.2, 0) is 11.3 Å². The number of rotatable bonds is 4. The van der Waals surface area contributed by atoms with Crippen LogP contribution in [0.25, 0.3) is 0 Å². The highest BCUT2D eigenvalue weighted by Crippen LogP contribution is 1.91. The van der Waals surface area contributed by atoms with Gasteiger partial charge < -0.3 is 10.4 Å². The lowest BCUT2D eigenvalue weighted by atomic mass is 10.5. The molecular weight excluding hydrogens is 188 g/mol. The van der Waals surface area contributed by atoms with E-state index in [9.17, 15) is 9.59 Å². The van der Waals surface area contributed by atoms with Gasteiger partial charge in [0.1, 0.15) is 0 Å². The monoisotopic (exact) mass is 198 g/mol. The Bertz CT molecular complexity index is 346. The third kappa shape index (κ3) is 2.85. The summed E-state index contributed by atoms with van der Waals surface area (Å²) in [6, 6.07) is 0. The fourth-order valence-corrected chi connectivity index (χ4v) is 0.852. The van der Waals surface area contributed by atoms with Gasteiger partial charge in [0, 0.05) is 13.5 Å². The predicted octanol–water partition coefficient (Wildman–Crippen LogP) is -0.888. The predicted molar refractivity (Wildman–Crippen MR) is 45.7 cm³/mol. The average Bonchev–Trinajstić information content (AvgIpc) is 2.52. The Hall–Kier alpha value is -1.92. The van der Waals surface area contributed by atoms with E-state index < -0.39 is 5.97 Å². The molecule has 0 saturated carbocycles. The number of carboxylic acids is 1. The number of nitrogens with one attached hydrogen (secondary N) is 1. The summed E-state index contributed by atoms with van der Waals surface area (Å²) in [5, 5.41) is 18.1. The molecule has 0 bridgehead atoms. The minimum absolute atomic E-state index is 0.104. The fraction of sp³-hybridized carbons (Fsp3) is 0.429. The lowest BCUT2D eigenvalue weighted by molar-refractivity contribution is -0.118. The summed E-state index contributed by atoms with van der Waals surface area (Å²) < 4.78 is 1.36. The zero-order chi connectivity index (χ0) is 10.6. The molecular formula is C7H10N4O3. The third-order valence-electron chi connectivity index (χ3n) is 1.47. The van der Waals surface area contributed by atoms with E-state index in [0.717, 1.165) is 0 Å². The van der Waals surface area contributed by atoms with Crippen molar-refractivity contribution in [2.24, 2.45) is 0 Å². The van der Waals surface area contributed by atoms with Gasteiger partial charge in [-0.2, -0.15) is 0 Å². The van der Waals surface area contributed by atoms with Crippen LogP contribution in [0.2, 0.25) is 0 Å². The molecule has 7 nitrogen and oxygen atoms in total. The number of carboxylic acid groups (broad SMARTS) is 1. The molecule has 0 radical (unpaired) electrons. The van der Waals surface area contributed by atoms with E-state index in [-0.39, 0.29) is 11.6 Å². The van der Waals surface area contributed by atoms with Crippen LogP contribution in [0.1, 0.15) is 17.4 Å². The van der Waals surface area contributed by atoms with Gasteiger partial charge in [0.05, 0.1) is 12.7 Å². The smallest absolute Gasteiger partial charge is 0.358 e. The van der Waals surface area contributed by atoms with Gasteiger partial charge in [-0.15, -0.1) is 5.10 Å². The van der Waals surface area contributed by atoms with E-state index >= 15 is 0 Å². The number of nitrogens with zero attached hydrogens (tertiary/aromatic N) is 3. The molecule has 1 aromatic heterocycles. The van der Waals surface area contributed by atoms with Crippen molar-refractivity contribution in [3.8, 4) is 0 Å². The molecule has 0 aliphatic rings. The molecule has 2 N–H and O–H groups in total. The molecule has 76 valence electrons. The Balaban J connectivity index is 2.44. The van der Waals surface area contributed by atoms with E-state index in [1.807, 2.05) is 0 Å². The molecule has 0 fully saturated rings. The van der Waals surface area contributed by atoms with E-state index in [0.29, 0.717) is 13.1 Å². The zero-order valence-corrected chi connectivity index (χ0v) is 7.60. The van der Waals surface area contributed by atoms with Crippen LogP contribution in [-0.4, -0.2) is 38.5 Å². The first-order chi connectivity index (χ1) is 6.59. The number of hydrogen-bond acceptors (Lipinski definition) is 4. The van der Waals surface area contributed by atoms with Crippen LogP contribution in [0.15, 0.2) is 6.20 Å². The topological polar surface area (TPSA) is 97.1 Å². The Morgan fingerprint density at radius 3 is 2.86 bits per heavy atom. The molecule has 0 aliphatic heterocycles. The van der Waals surface area contributed by atoms with Gasteiger partial charge in [-0.1, -0.05) is 5.21 Å². The molecule has 7 heteroatoms. The van der Waals surface area contributed by atoms with Crippen molar-refractivity contribution >= 4 is 11.9 Å². The van der Waals surface area contributed by atoms with Crippen molar-refractivity contribution in [1.29, 1.82) is 0 Å². The van der Waals surface area contributed by atoms with Crippen molar-refractivity contribution in [2.75, 3.05) is 6.54 Å². The minimum atomic E-state index is -1.12. The van der Waals surface area contributed by atoms with Crippen molar-refractivity contribution < 1.29 is 14.7 Å². The Kier molecular flexibility index (Phi) is 3.16. The van der Waals surface area contributed by atoms with Crippen LogP contribution >= 0.6 is 0 Å². The summed E-state index contributed by atoms with van der Waals surface area (Å²) in [5.41, 5.74) is -0.104. The highest BCUT2D eigenvalue weighted by Gasteiger charge is 2.07. The second kappa shape index (κ2) is 4.35. The Morgan fingerprint density at radius 2 is 2.36 bits per heavy atom. The molecule has 0 unspecified atom stereocenters. The number of aromatic carboxylic acids is 1. The quantitative estimate of drug-likeness (QED) is 0.654. The van der Waals surface area contributed by atoms with Crippen molar-refractivity contribution in [3.63, 3.8) is 0 Å². The van der Waals surface area contributed by atoms with Gasteiger partial charge >= 0.3 is 5.97 Å². The number of carbonyl (C=O) groups excluding carboxylic acids is 1. The fourth-order valence-electron chi connectivity index (χ4n) is 0.852. The highest BCUT2D eigenvalue weighted by molar-refractivity contribution is 5.84. The number of aromatic nitrogens is 3. The van der Waals surface area contributed by atoms with E-state index in [1.54, 1.807) is 0 Å². The maximum absolute atomic E-state index is 10.5. The average molecular weight is 198 g/mol. The van der Waals surface area contributed by atoms with Gasteiger partial charge in [0.15, 0.2) is 5.69 Å². The number of hydrogen-bond donors (Lipinski definition) is 2. The number of carbonyl (C=O) groups is 2. The molecule has 0 aliphatic carbocycles. The molecule has 0 spiro atoms. The zero-order valence-electron chi connectivity index (χ0n) is 7.60. The van der Waals surface area contributed by atoms with Crippen LogP contribution in [0.4, 0.5) is 0 Å². The van der Waals surface area contributed by atoms with Crippen LogP contribution in [0.3, 0.4) is 0 Å². The SMILES string of the molecule is CC(=O)NCCn1cc(C(=O)O)nn1. The third-order valence-corrected chi connectivity index (χ3v) is 1.47.